The van der Waals surface area contributed by atoms with Gasteiger partial charge in [0.25, 0.3) is 5.56 Å². The third kappa shape index (κ3) is 2.89. The average Bonchev–Trinajstić information content (AvgIpc) is 3.05. The highest BCUT2D eigenvalue weighted by Gasteiger charge is 2.29. The largest absolute Gasteiger partial charge is 0.470 e. The minimum atomic E-state index is -0.446. The van der Waals surface area contributed by atoms with Crippen molar-refractivity contribution in [1.82, 2.24) is 9.55 Å². The molecule has 1 N–H and O–H groups in total. The van der Waals surface area contributed by atoms with Crippen molar-refractivity contribution < 1.29 is 4.74 Å². The van der Waals surface area contributed by atoms with Gasteiger partial charge < -0.3 is 4.74 Å². The van der Waals surface area contributed by atoms with E-state index >= 15 is 0 Å². The number of aryl methyl sites for hydroxylation is 1. The van der Waals surface area contributed by atoms with E-state index in [-0.39, 0.29) is 18.2 Å². The predicted molar refractivity (Wildman–Crippen MR) is 95.1 cm³/mol. The smallest absolute Gasteiger partial charge is 0.331 e. The van der Waals surface area contributed by atoms with Gasteiger partial charge in [-0.25, -0.2) is 4.79 Å². The molecular formula is C20H18N2O3. The molecular weight excluding hydrogens is 316 g/mol. The molecule has 2 aromatic carbocycles. The van der Waals surface area contributed by atoms with Crippen LogP contribution in [0.3, 0.4) is 0 Å². The highest BCUT2D eigenvalue weighted by molar-refractivity contribution is 5.33. The van der Waals surface area contributed by atoms with Gasteiger partial charge in [0.15, 0.2) is 0 Å². The van der Waals surface area contributed by atoms with Crippen LogP contribution in [0.5, 0.6) is 5.88 Å². The van der Waals surface area contributed by atoms with Crippen LogP contribution in [0.25, 0.3) is 0 Å². The van der Waals surface area contributed by atoms with Gasteiger partial charge in [0.1, 0.15) is 6.10 Å². The molecule has 126 valence electrons. The number of fused-ring (bicyclic) bond motifs is 1. The predicted octanol–water partition coefficient (Wildman–Crippen LogP) is 2.57. The van der Waals surface area contributed by atoms with Crippen LogP contribution in [-0.2, 0) is 13.0 Å². The number of aromatic amines is 1. The number of nitrogens with one attached hydrogen (secondary N) is 1. The van der Waals surface area contributed by atoms with E-state index in [4.69, 9.17) is 4.74 Å². The van der Waals surface area contributed by atoms with E-state index < -0.39 is 5.69 Å². The maximum atomic E-state index is 12.8. The Labute approximate surface area is 144 Å². The van der Waals surface area contributed by atoms with Gasteiger partial charge in [-0.2, -0.15) is 0 Å². The summed E-state index contributed by atoms with van der Waals surface area (Å²) in [7, 11) is 0. The van der Waals surface area contributed by atoms with Crippen molar-refractivity contribution in [2.24, 2.45) is 0 Å². The second-order valence-corrected chi connectivity index (χ2v) is 6.34. The minimum absolute atomic E-state index is 0.241. The Balaban J connectivity index is 1.68. The number of ether oxygens (including phenoxy) is 1. The summed E-state index contributed by atoms with van der Waals surface area (Å²) in [6.45, 7) is 2.25. The van der Waals surface area contributed by atoms with Crippen LogP contribution < -0.4 is 16.0 Å². The molecule has 1 aliphatic rings. The highest BCUT2D eigenvalue weighted by atomic mass is 16.5. The van der Waals surface area contributed by atoms with Crippen molar-refractivity contribution in [3.8, 4) is 5.88 Å². The Morgan fingerprint density at radius 2 is 1.80 bits per heavy atom. The van der Waals surface area contributed by atoms with Crippen LogP contribution in [0.15, 0.2) is 64.2 Å². The molecule has 1 atom stereocenters. The van der Waals surface area contributed by atoms with E-state index in [1.807, 2.05) is 61.5 Å². The first kappa shape index (κ1) is 15.4. The number of H-pyrrole nitrogens is 1. The molecule has 0 amide bonds. The third-order valence-electron chi connectivity index (χ3n) is 4.53. The van der Waals surface area contributed by atoms with E-state index in [1.165, 1.54) is 4.57 Å². The summed E-state index contributed by atoms with van der Waals surface area (Å²) in [5.41, 5.74) is 2.84. The van der Waals surface area contributed by atoms with E-state index in [1.54, 1.807) is 0 Å². The van der Waals surface area contributed by atoms with Gasteiger partial charge in [0.05, 0.1) is 12.1 Å². The quantitative estimate of drug-likeness (QED) is 0.801. The van der Waals surface area contributed by atoms with Crippen molar-refractivity contribution in [3.63, 3.8) is 0 Å². The molecule has 1 aliphatic heterocycles. The van der Waals surface area contributed by atoms with Crippen LogP contribution in [0.2, 0.25) is 0 Å². The molecule has 0 radical (unpaired) electrons. The van der Waals surface area contributed by atoms with Crippen molar-refractivity contribution in [1.29, 1.82) is 0 Å². The zero-order chi connectivity index (χ0) is 17.4. The maximum Gasteiger partial charge on any atom is 0.331 e. The molecule has 5 nitrogen and oxygen atoms in total. The molecule has 1 aromatic heterocycles. The second-order valence-electron chi connectivity index (χ2n) is 6.34. The zero-order valence-corrected chi connectivity index (χ0v) is 13.9. The normalized spacial score (nSPS) is 15.6. The van der Waals surface area contributed by atoms with Gasteiger partial charge >= 0.3 is 5.69 Å². The maximum absolute atomic E-state index is 12.8. The van der Waals surface area contributed by atoms with Crippen LogP contribution in [0.1, 0.15) is 28.4 Å². The van der Waals surface area contributed by atoms with Crippen LogP contribution in [0.4, 0.5) is 0 Å². The Hall–Kier alpha value is -3.08. The summed E-state index contributed by atoms with van der Waals surface area (Å²) in [6.07, 6.45) is 0.220. The lowest BCUT2D eigenvalue weighted by atomic mass is 10.1. The summed E-state index contributed by atoms with van der Waals surface area (Å²) in [6, 6.07) is 17.5. The molecule has 25 heavy (non-hydrogen) atoms. The fraction of sp³-hybridized carbons (Fsp3) is 0.200. The van der Waals surface area contributed by atoms with Crippen LogP contribution >= 0.6 is 0 Å². The second kappa shape index (κ2) is 6.09. The fourth-order valence-electron chi connectivity index (χ4n) is 3.12. The van der Waals surface area contributed by atoms with Gasteiger partial charge in [-0.15, -0.1) is 0 Å². The Kier molecular flexibility index (Phi) is 3.76. The number of nitrogens with zero attached hydrogens (tertiary/aromatic N) is 1. The van der Waals surface area contributed by atoms with E-state index in [0.29, 0.717) is 17.9 Å². The SMILES string of the molecule is Cc1ccc(Cn2c(=O)[nH]c3c(c2=O)CC(c2ccccc2)O3)cc1. The monoisotopic (exact) mass is 334 g/mol. The summed E-state index contributed by atoms with van der Waals surface area (Å²) in [4.78, 5) is 27.8. The molecule has 3 aromatic rings. The summed E-state index contributed by atoms with van der Waals surface area (Å²) in [5.74, 6) is 0.295. The molecule has 0 aliphatic carbocycles. The molecule has 0 spiro atoms. The van der Waals surface area contributed by atoms with Gasteiger partial charge in [-0.3, -0.25) is 14.3 Å². The van der Waals surface area contributed by atoms with Crippen molar-refractivity contribution in [3.05, 3.63) is 97.7 Å². The van der Waals surface area contributed by atoms with E-state index in [2.05, 4.69) is 4.98 Å². The van der Waals surface area contributed by atoms with Crippen LogP contribution in [-0.4, -0.2) is 9.55 Å². The minimum Gasteiger partial charge on any atom is -0.470 e. The first-order valence-corrected chi connectivity index (χ1v) is 8.25. The fourth-order valence-corrected chi connectivity index (χ4v) is 3.12. The third-order valence-corrected chi connectivity index (χ3v) is 4.53. The Bertz CT molecular complexity index is 1020. The summed E-state index contributed by atoms with van der Waals surface area (Å²) in [5, 5.41) is 0. The molecule has 2 heterocycles. The van der Waals surface area contributed by atoms with Gasteiger partial charge in [0.2, 0.25) is 5.88 Å². The van der Waals surface area contributed by atoms with Crippen molar-refractivity contribution in [2.75, 3.05) is 0 Å². The number of hydrogen-bond donors (Lipinski definition) is 1. The lowest BCUT2D eigenvalue weighted by Gasteiger charge is -2.09. The Morgan fingerprint density at radius 1 is 1.08 bits per heavy atom. The van der Waals surface area contributed by atoms with Gasteiger partial charge in [-0.1, -0.05) is 60.2 Å². The van der Waals surface area contributed by atoms with Crippen LogP contribution in [0, 0.1) is 6.92 Å². The molecule has 1 unspecified atom stereocenters. The number of aromatic nitrogens is 2. The van der Waals surface area contributed by atoms with Crippen molar-refractivity contribution >= 4 is 0 Å². The molecule has 0 saturated carbocycles. The first-order chi connectivity index (χ1) is 12.1. The van der Waals surface area contributed by atoms with Gasteiger partial charge in [-0.05, 0) is 18.1 Å². The number of hydrogen-bond acceptors (Lipinski definition) is 3. The number of benzene rings is 2. The first-order valence-electron chi connectivity index (χ1n) is 8.25. The zero-order valence-electron chi connectivity index (χ0n) is 13.9. The molecule has 0 fully saturated rings. The topological polar surface area (TPSA) is 64.1 Å². The Morgan fingerprint density at radius 3 is 2.52 bits per heavy atom. The number of rotatable bonds is 3. The van der Waals surface area contributed by atoms with Crippen molar-refractivity contribution in [2.45, 2.75) is 26.0 Å². The highest BCUT2D eigenvalue weighted by Crippen LogP contribution is 2.32. The molecule has 0 saturated heterocycles. The summed E-state index contributed by atoms with van der Waals surface area (Å²) >= 11 is 0. The van der Waals surface area contributed by atoms with E-state index in [0.717, 1.165) is 16.7 Å². The molecule has 5 heteroatoms. The molecule has 4 rings (SSSR count). The lowest BCUT2D eigenvalue weighted by Crippen LogP contribution is -2.36. The summed E-state index contributed by atoms with van der Waals surface area (Å²) < 4.78 is 7.04. The average molecular weight is 334 g/mol. The van der Waals surface area contributed by atoms with Gasteiger partial charge in [0, 0.05) is 6.42 Å². The lowest BCUT2D eigenvalue weighted by molar-refractivity contribution is 0.230. The van der Waals surface area contributed by atoms with E-state index in [9.17, 15) is 9.59 Å². The standard InChI is InChI=1S/C20H18N2O3/c1-13-7-9-14(10-8-13)12-22-19(23)16-11-17(15-5-3-2-4-6-15)25-18(16)21-20(22)24/h2-10,17H,11-12H2,1H3,(H,21,24). The molecule has 0 bridgehead atoms.